The predicted molar refractivity (Wildman–Crippen MR) is 139 cm³/mol. The Labute approximate surface area is 221 Å². The van der Waals surface area contributed by atoms with E-state index < -0.39 is 6.67 Å². The molecule has 1 aliphatic heterocycles. The highest BCUT2D eigenvalue weighted by Crippen LogP contribution is 2.56. The number of hydrogen-bond donors (Lipinski definition) is 0. The summed E-state index contributed by atoms with van der Waals surface area (Å²) >= 11 is 0. The average Bonchev–Trinajstić information content (AvgIpc) is 3.60. The summed E-state index contributed by atoms with van der Waals surface area (Å²) in [4.78, 5) is 24.1. The van der Waals surface area contributed by atoms with E-state index in [1.807, 2.05) is 31.2 Å². The van der Waals surface area contributed by atoms with E-state index in [2.05, 4.69) is 15.1 Å². The number of benzene rings is 1. The molecule has 3 heterocycles. The van der Waals surface area contributed by atoms with Gasteiger partial charge in [-0.05, 0) is 64.0 Å². The number of oxazole rings is 1. The van der Waals surface area contributed by atoms with Gasteiger partial charge in [-0.1, -0.05) is 28.4 Å². The molecule has 1 amide bonds. The number of fused-ring (bicyclic) bond motifs is 2. The van der Waals surface area contributed by atoms with E-state index in [0.717, 1.165) is 74.8 Å². The maximum Gasteiger partial charge on any atom is 0.233 e. The third-order valence-corrected chi connectivity index (χ3v) is 8.20. The Morgan fingerprint density at radius 1 is 1.24 bits per heavy atom. The van der Waals surface area contributed by atoms with E-state index in [0.29, 0.717) is 18.1 Å². The number of hydrogen-bond acceptors (Lipinski definition) is 7. The second-order valence-electron chi connectivity index (χ2n) is 10.8. The van der Waals surface area contributed by atoms with Crippen LogP contribution in [0, 0.1) is 6.92 Å². The van der Waals surface area contributed by atoms with Crippen LogP contribution in [-0.2, 0) is 14.9 Å². The zero-order valence-corrected chi connectivity index (χ0v) is 21.7. The SMILES string of the molecule is Cc1noc(C23CCC(CN(C(=O)CCCF)c4cccc(-c5cnc(C6CCOCC6)o5)c4)=C(C2)C3)n1. The number of rotatable bonds is 9. The largest absolute Gasteiger partial charge is 0.440 e. The molecule has 4 aliphatic rings. The highest BCUT2D eigenvalue weighted by molar-refractivity contribution is 5.94. The van der Waals surface area contributed by atoms with Crippen molar-refractivity contribution in [3.63, 3.8) is 0 Å². The number of anilines is 1. The van der Waals surface area contributed by atoms with Crippen molar-refractivity contribution in [2.75, 3.05) is 31.3 Å². The number of nitrogens with zero attached hydrogens (tertiary/aromatic N) is 4. The van der Waals surface area contributed by atoms with E-state index >= 15 is 0 Å². The van der Waals surface area contributed by atoms with Crippen LogP contribution in [0.5, 0.6) is 0 Å². The monoisotopic (exact) mass is 520 g/mol. The number of allylic oxidation sites excluding steroid dienone is 1. The van der Waals surface area contributed by atoms with Crippen LogP contribution in [0.1, 0.15) is 74.9 Å². The van der Waals surface area contributed by atoms with Crippen LogP contribution in [0.15, 0.2) is 50.5 Å². The lowest BCUT2D eigenvalue weighted by Gasteiger charge is -2.47. The maximum absolute atomic E-state index is 13.3. The fourth-order valence-corrected chi connectivity index (χ4v) is 5.97. The van der Waals surface area contributed by atoms with Crippen molar-refractivity contribution in [1.29, 1.82) is 0 Å². The van der Waals surface area contributed by atoms with Crippen LogP contribution in [0.3, 0.4) is 0 Å². The average molecular weight is 521 g/mol. The van der Waals surface area contributed by atoms with Gasteiger partial charge >= 0.3 is 0 Å². The summed E-state index contributed by atoms with van der Waals surface area (Å²) in [6, 6.07) is 7.81. The minimum Gasteiger partial charge on any atom is -0.440 e. The molecule has 3 aliphatic carbocycles. The minimum atomic E-state index is -0.507. The fraction of sp³-hybridized carbons (Fsp3) is 0.517. The Bertz CT molecular complexity index is 1330. The molecular formula is C29H33FN4O4. The Balaban J connectivity index is 1.23. The van der Waals surface area contributed by atoms with Crippen LogP contribution >= 0.6 is 0 Å². The molecule has 200 valence electrons. The molecular weight excluding hydrogens is 487 g/mol. The highest BCUT2D eigenvalue weighted by atomic mass is 19.1. The molecule has 3 aromatic rings. The number of amides is 1. The Morgan fingerprint density at radius 3 is 2.79 bits per heavy atom. The molecule has 0 unspecified atom stereocenters. The first-order valence-electron chi connectivity index (χ1n) is 13.6. The van der Waals surface area contributed by atoms with Gasteiger partial charge in [-0.25, -0.2) is 4.98 Å². The molecule has 0 atom stereocenters. The summed E-state index contributed by atoms with van der Waals surface area (Å²) in [5, 5.41) is 3.98. The van der Waals surface area contributed by atoms with E-state index in [1.165, 1.54) is 11.1 Å². The lowest BCUT2D eigenvalue weighted by molar-refractivity contribution is -0.118. The molecule has 2 fully saturated rings. The first-order valence-corrected chi connectivity index (χ1v) is 13.6. The number of aryl methyl sites for hydroxylation is 1. The van der Waals surface area contributed by atoms with Gasteiger partial charge in [0.15, 0.2) is 17.5 Å². The van der Waals surface area contributed by atoms with Crippen molar-refractivity contribution in [3.05, 3.63) is 59.2 Å². The topological polar surface area (TPSA) is 94.5 Å². The van der Waals surface area contributed by atoms with Gasteiger partial charge in [0.05, 0.1) is 18.3 Å². The van der Waals surface area contributed by atoms with Crippen LogP contribution in [0.4, 0.5) is 10.1 Å². The zero-order valence-electron chi connectivity index (χ0n) is 21.7. The molecule has 1 aromatic carbocycles. The summed E-state index contributed by atoms with van der Waals surface area (Å²) in [5.41, 5.74) is 4.24. The summed E-state index contributed by atoms with van der Waals surface area (Å²) in [5.74, 6) is 3.01. The Hall–Kier alpha value is -3.33. The first kappa shape index (κ1) is 25.0. The standard InChI is InChI=1S/C29H33FN4O4/c1-19-32-28(38-33-19)29-10-7-22(23(15-29)16-29)18-34(26(35)6-3-11-30)24-5-2-4-21(14-24)25-17-31-27(37-25)20-8-12-36-13-9-20/h2,4-5,14,17,20H,3,6-13,15-16,18H2,1H3. The summed E-state index contributed by atoms with van der Waals surface area (Å²) in [6.45, 7) is 3.29. The summed E-state index contributed by atoms with van der Waals surface area (Å²) in [6.07, 6.45) is 7.55. The number of halogens is 1. The number of aromatic nitrogens is 3. The lowest BCUT2D eigenvalue weighted by atomic mass is 9.57. The van der Waals surface area contributed by atoms with Crippen molar-refractivity contribution in [2.45, 2.75) is 69.6 Å². The molecule has 1 saturated heterocycles. The molecule has 2 bridgehead atoms. The number of carbonyl (C=O) groups excluding carboxylic acids is 1. The number of alkyl halides is 1. The van der Waals surface area contributed by atoms with Gasteiger partial charge in [0.25, 0.3) is 0 Å². The Morgan fingerprint density at radius 2 is 2.08 bits per heavy atom. The van der Waals surface area contributed by atoms with E-state index in [-0.39, 0.29) is 30.1 Å². The van der Waals surface area contributed by atoms with Gasteiger partial charge < -0.3 is 18.6 Å². The van der Waals surface area contributed by atoms with Crippen LogP contribution < -0.4 is 4.90 Å². The lowest BCUT2D eigenvalue weighted by Crippen LogP contribution is -2.43. The number of carbonyl (C=O) groups is 1. The number of ether oxygens (including phenoxy) is 1. The first-order chi connectivity index (χ1) is 18.5. The summed E-state index contributed by atoms with van der Waals surface area (Å²) in [7, 11) is 0. The second-order valence-corrected chi connectivity index (χ2v) is 10.8. The maximum atomic E-state index is 13.3. The normalized spacial score (nSPS) is 18.9. The molecule has 9 heteroatoms. The molecule has 8 nitrogen and oxygen atoms in total. The predicted octanol–water partition coefficient (Wildman–Crippen LogP) is 5.83. The zero-order chi connectivity index (χ0) is 26.1. The molecule has 1 saturated carbocycles. The van der Waals surface area contributed by atoms with E-state index in [4.69, 9.17) is 13.7 Å². The third-order valence-electron chi connectivity index (χ3n) is 8.20. The van der Waals surface area contributed by atoms with Gasteiger partial charge in [-0.3, -0.25) is 9.18 Å². The van der Waals surface area contributed by atoms with Gasteiger partial charge in [-0.15, -0.1) is 0 Å². The molecule has 0 radical (unpaired) electrons. The van der Waals surface area contributed by atoms with Crippen LogP contribution in [0.25, 0.3) is 11.3 Å². The second kappa shape index (κ2) is 10.4. The molecule has 0 N–H and O–H groups in total. The molecule has 0 spiro atoms. The Kier molecular flexibility index (Phi) is 6.86. The highest BCUT2D eigenvalue weighted by Gasteiger charge is 2.50. The van der Waals surface area contributed by atoms with Crippen LogP contribution in [-0.4, -0.2) is 47.5 Å². The van der Waals surface area contributed by atoms with Crippen molar-refractivity contribution in [2.24, 2.45) is 0 Å². The van der Waals surface area contributed by atoms with E-state index in [1.54, 1.807) is 11.1 Å². The van der Waals surface area contributed by atoms with Gasteiger partial charge in [0.1, 0.15) is 0 Å². The van der Waals surface area contributed by atoms with Crippen LogP contribution in [0.2, 0.25) is 0 Å². The fourth-order valence-electron chi connectivity index (χ4n) is 5.97. The molecule has 38 heavy (non-hydrogen) atoms. The van der Waals surface area contributed by atoms with Gasteiger partial charge in [-0.2, -0.15) is 4.98 Å². The summed E-state index contributed by atoms with van der Waals surface area (Å²) < 4.78 is 30.1. The quantitative estimate of drug-likeness (QED) is 0.328. The van der Waals surface area contributed by atoms with Gasteiger partial charge in [0.2, 0.25) is 11.8 Å². The van der Waals surface area contributed by atoms with Crippen molar-refractivity contribution < 1.29 is 22.9 Å². The minimum absolute atomic E-state index is 0.0580. The van der Waals surface area contributed by atoms with E-state index in [9.17, 15) is 9.18 Å². The van der Waals surface area contributed by atoms with Crippen molar-refractivity contribution in [3.8, 4) is 11.3 Å². The molecule has 7 rings (SSSR count). The smallest absolute Gasteiger partial charge is 0.233 e. The van der Waals surface area contributed by atoms with Gasteiger partial charge in [0, 0.05) is 43.3 Å². The van der Waals surface area contributed by atoms with Crippen molar-refractivity contribution in [1.82, 2.24) is 15.1 Å². The molecule has 2 aromatic heterocycles. The van der Waals surface area contributed by atoms with Crippen molar-refractivity contribution >= 4 is 11.6 Å². The third kappa shape index (κ3) is 4.79.